The first-order valence-corrected chi connectivity index (χ1v) is 9.98. The maximum absolute atomic E-state index is 12.4. The Morgan fingerprint density at radius 1 is 1.07 bits per heavy atom. The van der Waals surface area contributed by atoms with E-state index in [0.29, 0.717) is 26.1 Å². The van der Waals surface area contributed by atoms with Crippen LogP contribution in [0.5, 0.6) is 0 Å². The number of hydrogen-bond acceptors (Lipinski definition) is 3. The van der Waals surface area contributed by atoms with Gasteiger partial charge < -0.3 is 10.6 Å². The topological polar surface area (TPSA) is 61.4 Å². The van der Waals surface area contributed by atoms with E-state index in [4.69, 9.17) is 0 Å². The van der Waals surface area contributed by atoms with Gasteiger partial charge in [0.15, 0.2) is 0 Å². The number of hydrogen-bond donors (Lipinski definition) is 2. The predicted molar refractivity (Wildman–Crippen MR) is 110 cm³/mol. The van der Waals surface area contributed by atoms with Gasteiger partial charge in [-0.3, -0.25) is 14.5 Å². The lowest BCUT2D eigenvalue weighted by Crippen LogP contribution is -2.39. The van der Waals surface area contributed by atoms with Crippen LogP contribution in [0.3, 0.4) is 0 Å². The van der Waals surface area contributed by atoms with Crippen LogP contribution in [-0.2, 0) is 9.59 Å². The van der Waals surface area contributed by atoms with Crippen molar-refractivity contribution in [3.63, 3.8) is 0 Å². The molecule has 1 heterocycles. The third-order valence-corrected chi connectivity index (χ3v) is 4.90. The van der Waals surface area contributed by atoms with Gasteiger partial charge in [0.05, 0.1) is 6.54 Å². The lowest BCUT2D eigenvalue weighted by atomic mass is 9.91. The molecule has 1 saturated heterocycles. The summed E-state index contributed by atoms with van der Waals surface area (Å²) < 4.78 is 0. The van der Waals surface area contributed by atoms with Crippen molar-refractivity contribution in [2.75, 3.05) is 32.7 Å². The van der Waals surface area contributed by atoms with E-state index in [2.05, 4.69) is 47.6 Å². The molecule has 0 spiro atoms. The maximum Gasteiger partial charge on any atom is 0.234 e. The fourth-order valence-electron chi connectivity index (χ4n) is 3.32. The van der Waals surface area contributed by atoms with E-state index in [1.165, 1.54) is 11.1 Å². The van der Waals surface area contributed by atoms with E-state index in [-0.39, 0.29) is 17.7 Å². The van der Waals surface area contributed by atoms with Crippen molar-refractivity contribution in [3.05, 3.63) is 47.5 Å². The summed E-state index contributed by atoms with van der Waals surface area (Å²) in [6.45, 7) is 7.37. The molecule has 2 rings (SSSR count). The number of carbonyl (C=O) groups excluding carboxylic acids is 2. The standard InChI is InChI=1S/C22H33N3O2/c1-18(2)12-16-25-15-6-13-23-21(26)10-9-20(11-14-24-22(27)17-25)19-7-4-3-5-8-19/h3-5,7-8,12,20H,6,9-11,13-17H2,1-2H3,(H,23,26)(H,24,27). The van der Waals surface area contributed by atoms with Gasteiger partial charge in [0.1, 0.15) is 0 Å². The molecular weight excluding hydrogens is 338 g/mol. The highest BCUT2D eigenvalue weighted by Crippen LogP contribution is 2.24. The molecule has 148 valence electrons. The molecule has 1 unspecified atom stereocenters. The normalized spacial score (nSPS) is 20.9. The van der Waals surface area contributed by atoms with Gasteiger partial charge in [-0.25, -0.2) is 0 Å². The van der Waals surface area contributed by atoms with E-state index in [0.717, 1.165) is 32.4 Å². The highest BCUT2D eigenvalue weighted by atomic mass is 16.2. The number of allylic oxidation sites excluding steroid dienone is 1. The third kappa shape index (κ3) is 8.39. The molecule has 1 aromatic rings. The molecule has 5 nitrogen and oxygen atoms in total. The molecule has 1 aromatic carbocycles. The second-order valence-corrected chi connectivity index (χ2v) is 7.51. The fourth-order valence-corrected chi connectivity index (χ4v) is 3.32. The van der Waals surface area contributed by atoms with Gasteiger partial charge in [0, 0.05) is 32.6 Å². The summed E-state index contributed by atoms with van der Waals surface area (Å²) in [5.74, 6) is 0.472. The van der Waals surface area contributed by atoms with Crippen LogP contribution in [0, 0.1) is 0 Å². The summed E-state index contributed by atoms with van der Waals surface area (Å²) in [5.41, 5.74) is 2.48. The van der Waals surface area contributed by atoms with Crippen LogP contribution in [0.4, 0.5) is 0 Å². The Hall–Kier alpha value is -2.14. The van der Waals surface area contributed by atoms with Crippen molar-refractivity contribution < 1.29 is 9.59 Å². The molecule has 1 atom stereocenters. The molecule has 1 aliphatic heterocycles. The molecule has 1 aliphatic rings. The fraction of sp³-hybridized carbons (Fsp3) is 0.545. The Kier molecular flexibility index (Phi) is 9.05. The van der Waals surface area contributed by atoms with Crippen LogP contribution >= 0.6 is 0 Å². The van der Waals surface area contributed by atoms with Crippen LogP contribution in [0.15, 0.2) is 42.0 Å². The molecule has 0 aromatic heterocycles. The lowest BCUT2D eigenvalue weighted by molar-refractivity contribution is -0.123. The predicted octanol–water partition coefficient (Wildman–Crippen LogP) is 2.84. The summed E-state index contributed by atoms with van der Waals surface area (Å²) >= 11 is 0. The summed E-state index contributed by atoms with van der Waals surface area (Å²) in [6, 6.07) is 10.3. The van der Waals surface area contributed by atoms with Crippen molar-refractivity contribution in [1.29, 1.82) is 0 Å². The van der Waals surface area contributed by atoms with Crippen molar-refractivity contribution in [1.82, 2.24) is 15.5 Å². The van der Waals surface area contributed by atoms with Gasteiger partial charge in [-0.05, 0) is 44.6 Å². The van der Waals surface area contributed by atoms with Crippen LogP contribution in [0.2, 0.25) is 0 Å². The number of benzene rings is 1. The van der Waals surface area contributed by atoms with Crippen molar-refractivity contribution in [3.8, 4) is 0 Å². The first kappa shape index (κ1) is 21.2. The largest absolute Gasteiger partial charge is 0.356 e. The number of nitrogens with one attached hydrogen (secondary N) is 2. The molecule has 0 saturated carbocycles. The van der Waals surface area contributed by atoms with E-state index >= 15 is 0 Å². The average Bonchev–Trinajstić information content (AvgIpc) is 2.65. The molecule has 0 aliphatic carbocycles. The maximum atomic E-state index is 12.4. The molecule has 0 bridgehead atoms. The average molecular weight is 372 g/mol. The Bertz CT molecular complexity index is 624. The molecule has 27 heavy (non-hydrogen) atoms. The quantitative estimate of drug-likeness (QED) is 0.803. The Morgan fingerprint density at radius 3 is 2.56 bits per heavy atom. The Labute approximate surface area is 163 Å². The second kappa shape index (κ2) is 11.5. The minimum atomic E-state index is 0.0741. The lowest BCUT2D eigenvalue weighted by Gasteiger charge is -2.22. The number of amides is 2. The van der Waals surface area contributed by atoms with Crippen LogP contribution in [0.1, 0.15) is 51.0 Å². The highest BCUT2D eigenvalue weighted by molar-refractivity contribution is 5.78. The van der Waals surface area contributed by atoms with Gasteiger partial charge in [-0.15, -0.1) is 0 Å². The van der Waals surface area contributed by atoms with E-state index in [9.17, 15) is 9.59 Å². The molecular formula is C22H33N3O2. The minimum absolute atomic E-state index is 0.0741. The van der Waals surface area contributed by atoms with Gasteiger partial charge in [0.25, 0.3) is 0 Å². The Morgan fingerprint density at radius 2 is 1.81 bits per heavy atom. The number of carbonyl (C=O) groups is 2. The summed E-state index contributed by atoms with van der Waals surface area (Å²) in [5, 5.41) is 6.09. The van der Waals surface area contributed by atoms with Crippen molar-refractivity contribution in [2.45, 2.75) is 45.4 Å². The SMILES string of the molecule is CC(C)=CCN1CCCNC(=O)CCC(c2ccccc2)CCNC(=O)C1. The zero-order chi connectivity index (χ0) is 19.5. The van der Waals surface area contributed by atoms with E-state index < -0.39 is 0 Å². The summed E-state index contributed by atoms with van der Waals surface area (Å²) in [4.78, 5) is 26.7. The highest BCUT2D eigenvalue weighted by Gasteiger charge is 2.16. The first-order valence-electron chi connectivity index (χ1n) is 9.98. The molecule has 2 amide bonds. The van der Waals surface area contributed by atoms with Gasteiger partial charge in [0.2, 0.25) is 11.8 Å². The molecule has 5 heteroatoms. The first-order chi connectivity index (χ1) is 13.0. The zero-order valence-corrected chi connectivity index (χ0v) is 16.7. The van der Waals surface area contributed by atoms with Crippen LogP contribution in [0.25, 0.3) is 0 Å². The van der Waals surface area contributed by atoms with Crippen LogP contribution in [-0.4, -0.2) is 49.4 Å². The summed E-state index contributed by atoms with van der Waals surface area (Å²) in [7, 11) is 0. The van der Waals surface area contributed by atoms with Gasteiger partial charge in [-0.2, -0.15) is 0 Å². The van der Waals surface area contributed by atoms with Crippen molar-refractivity contribution >= 4 is 11.8 Å². The molecule has 2 N–H and O–H groups in total. The van der Waals surface area contributed by atoms with Crippen LogP contribution < -0.4 is 10.6 Å². The molecule has 0 radical (unpaired) electrons. The number of nitrogens with zero attached hydrogens (tertiary/aromatic N) is 1. The third-order valence-electron chi connectivity index (χ3n) is 4.90. The smallest absolute Gasteiger partial charge is 0.234 e. The van der Waals surface area contributed by atoms with E-state index in [1.54, 1.807) is 0 Å². The van der Waals surface area contributed by atoms with Gasteiger partial charge in [-0.1, -0.05) is 42.0 Å². The molecule has 1 fully saturated rings. The minimum Gasteiger partial charge on any atom is -0.356 e. The van der Waals surface area contributed by atoms with Gasteiger partial charge >= 0.3 is 0 Å². The van der Waals surface area contributed by atoms with Crippen molar-refractivity contribution in [2.24, 2.45) is 0 Å². The zero-order valence-electron chi connectivity index (χ0n) is 16.7. The Balaban J connectivity index is 2.00. The monoisotopic (exact) mass is 371 g/mol. The van der Waals surface area contributed by atoms with E-state index in [1.807, 2.05) is 18.2 Å². The summed E-state index contributed by atoms with van der Waals surface area (Å²) in [6.07, 6.45) is 5.16. The number of rotatable bonds is 3. The second-order valence-electron chi connectivity index (χ2n) is 7.51.